The fraction of sp³-hybridized carbons (Fsp3) is 0.667. The zero-order valence-electron chi connectivity index (χ0n) is 15.2. The van der Waals surface area contributed by atoms with Crippen molar-refractivity contribution in [3.63, 3.8) is 0 Å². The SMILES string of the molecule is C=C(Cl)/C(C)=C(\N=C/N)C(=O)N1CCC(N2CCC(OC)CC2)CC1. The van der Waals surface area contributed by atoms with Gasteiger partial charge in [-0.2, -0.15) is 0 Å². The van der Waals surface area contributed by atoms with Crippen LogP contribution in [-0.2, 0) is 9.53 Å². The molecule has 0 atom stereocenters. The summed E-state index contributed by atoms with van der Waals surface area (Å²) in [6.07, 6.45) is 5.65. The summed E-state index contributed by atoms with van der Waals surface area (Å²) in [7, 11) is 1.79. The van der Waals surface area contributed by atoms with Gasteiger partial charge in [0.25, 0.3) is 5.91 Å². The van der Waals surface area contributed by atoms with E-state index in [0.717, 1.165) is 58.2 Å². The van der Waals surface area contributed by atoms with Gasteiger partial charge in [-0.15, -0.1) is 0 Å². The molecular formula is C18H29ClN4O2. The molecule has 2 aliphatic rings. The molecule has 0 aliphatic carbocycles. The van der Waals surface area contributed by atoms with Crippen LogP contribution in [0.4, 0.5) is 0 Å². The number of nitrogens with two attached hydrogens (primary N) is 1. The third-order valence-electron chi connectivity index (χ3n) is 5.25. The van der Waals surface area contributed by atoms with Gasteiger partial charge in [-0.05, 0) is 38.2 Å². The Morgan fingerprint density at radius 2 is 1.84 bits per heavy atom. The van der Waals surface area contributed by atoms with Crippen LogP contribution in [-0.4, -0.2) is 67.5 Å². The highest BCUT2D eigenvalue weighted by atomic mass is 35.5. The van der Waals surface area contributed by atoms with Crippen molar-refractivity contribution in [3.05, 3.63) is 22.9 Å². The van der Waals surface area contributed by atoms with Crippen molar-refractivity contribution in [2.24, 2.45) is 10.7 Å². The van der Waals surface area contributed by atoms with Crippen LogP contribution in [0.25, 0.3) is 0 Å². The van der Waals surface area contributed by atoms with Gasteiger partial charge in [-0.3, -0.25) is 4.79 Å². The molecule has 2 saturated heterocycles. The van der Waals surface area contributed by atoms with E-state index in [0.29, 0.717) is 22.8 Å². The number of nitrogens with zero attached hydrogens (tertiary/aromatic N) is 3. The Hall–Kier alpha value is -1.37. The van der Waals surface area contributed by atoms with Crippen LogP contribution >= 0.6 is 11.6 Å². The second kappa shape index (κ2) is 9.36. The Bertz CT molecular complexity index is 545. The topological polar surface area (TPSA) is 71.2 Å². The molecule has 7 heteroatoms. The van der Waals surface area contributed by atoms with E-state index in [-0.39, 0.29) is 11.6 Å². The monoisotopic (exact) mass is 368 g/mol. The Morgan fingerprint density at radius 1 is 1.24 bits per heavy atom. The fourth-order valence-electron chi connectivity index (χ4n) is 3.58. The van der Waals surface area contributed by atoms with Crippen molar-refractivity contribution < 1.29 is 9.53 Å². The predicted octanol–water partition coefficient (Wildman–Crippen LogP) is 2.10. The number of hydrogen-bond donors (Lipinski definition) is 1. The highest BCUT2D eigenvalue weighted by Crippen LogP contribution is 2.24. The number of ether oxygens (including phenoxy) is 1. The standard InChI is InChI=1S/C18H29ClN4O2/c1-13(14(2)19)17(21-12-20)18(24)23-8-4-15(5-9-23)22-10-6-16(25-3)7-11-22/h12,15-16H,2,4-11H2,1,3H3,(H2,20,21)/b17-13-. The van der Waals surface area contributed by atoms with Crippen molar-refractivity contribution in [2.75, 3.05) is 33.3 Å². The maximum atomic E-state index is 12.8. The van der Waals surface area contributed by atoms with E-state index in [4.69, 9.17) is 22.1 Å². The molecule has 0 aromatic heterocycles. The second-order valence-corrected chi connectivity index (χ2v) is 7.11. The zero-order chi connectivity index (χ0) is 18.4. The average Bonchev–Trinajstić information content (AvgIpc) is 2.65. The number of carbonyl (C=O) groups excluding carboxylic acids is 1. The van der Waals surface area contributed by atoms with Gasteiger partial charge in [0.15, 0.2) is 0 Å². The number of carbonyl (C=O) groups is 1. The Kier molecular flexibility index (Phi) is 7.47. The van der Waals surface area contributed by atoms with Gasteiger partial charge in [0.05, 0.1) is 12.4 Å². The van der Waals surface area contributed by atoms with Crippen LogP contribution in [0.5, 0.6) is 0 Å². The molecule has 140 valence electrons. The second-order valence-electron chi connectivity index (χ2n) is 6.65. The molecule has 6 nitrogen and oxygen atoms in total. The van der Waals surface area contributed by atoms with Gasteiger partial charge in [0.1, 0.15) is 5.70 Å². The van der Waals surface area contributed by atoms with Gasteiger partial charge >= 0.3 is 0 Å². The van der Waals surface area contributed by atoms with E-state index in [1.54, 1.807) is 14.0 Å². The third kappa shape index (κ3) is 5.06. The highest BCUT2D eigenvalue weighted by molar-refractivity contribution is 6.32. The number of allylic oxidation sites excluding steroid dienone is 2. The number of piperidine rings is 2. The van der Waals surface area contributed by atoms with Gasteiger partial charge in [-0.25, -0.2) is 4.99 Å². The Labute approximate surface area is 155 Å². The molecule has 0 bridgehead atoms. The minimum Gasteiger partial charge on any atom is -0.390 e. The zero-order valence-corrected chi connectivity index (χ0v) is 16.0. The molecule has 0 spiro atoms. The van der Waals surface area contributed by atoms with Gasteiger partial charge in [0, 0.05) is 44.4 Å². The molecule has 1 amide bonds. The first-order valence-electron chi connectivity index (χ1n) is 8.84. The van der Waals surface area contributed by atoms with E-state index in [1.807, 2.05) is 4.90 Å². The molecule has 2 fully saturated rings. The number of halogens is 1. The molecule has 0 aromatic rings. The number of methoxy groups -OCH3 is 1. The summed E-state index contributed by atoms with van der Waals surface area (Å²) in [5.41, 5.74) is 6.24. The van der Waals surface area contributed by atoms with E-state index < -0.39 is 0 Å². The average molecular weight is 369 g/mol. The lowest BCUT2D eigenvalue weighted by atomic mass is 9.98. The molecule has 25 heavy (non-hydrogen) atoms. The van der Waals surface area contributed by atoms with E-state index in [1.165, 1.54) is 0 Å². The maximum absolute atomic E-state index is 12.8. The number of aliphatic imine (C=N–C) groups is 1. The van der Waals surface area contributed by atoms with Crippen LogP contribution in [0, 0.1) is 0 Å². The molecule has 0 radical (unpaired) electrons. The van der Waals surface area contributed by atoms with Crippen molar-refractivity contribution in [2.45, 2.75) is 44.8 Å². The first-order valence-corrected chi connectivity index (χ1v) is 9.21. The van der Waals surface area contributed by atoms with Crippen LogP contribution in [0.3, 0.4) is 0 Å². The molecule has 2 N–H and O–H groups in total. The summed E-state index contributed by atoms with van der Waals surface area (Å²) in [4.78, 5) is 21.2. The van der Waals surface area contributed by atoms with E-state index >= 15 is 0 Å². The van der Waals surface area contributed by atoms with E-state index in [9.17, 15) is 4.79 Å². The van der Waals surface area contributed by atoms with Crippen molar-refractivity contribution in [1.82, 2.24) is 9.80 Å². The summed E-state index contributed by atoms with van der Waals surface area (Å²) in [6.45, 7) is 9.01. The van der Waals surface area contributed by atoms with E-state index in [2.05, 4.69) is 16.5 Å². The minimum absolute atomic E-state index is 0.127. The first kappa shape index (κ1) is 19.9. The van der Waals surface area contributed by atoms with Crippen molar-refractivity contribution in [1.29, 1.82) is 0 Å². The van der Waals surface area contributed by atoms with Gasteiger partial charge < -0.3 is 20.3 Å². The Balaban J connectivity index is 1.94. The molecule has 2 rings (SSSR count). The van der Waals surface area contributed by atoms with Crippen LogP contribution < -0.4 is 5.73 Å². The predicted molar refractivity (Wildman–Crippen MR) is 102 cm³/mol. The maximum Gasteiger partial charge on any atom is 0.272 e. The van der Waals surface area contributed by atoms with Crippen molar-refractivity contribution in [3.8, 4) is 0 Å². The number of rotatable bonds is 5. The summed E-state index contributed by atoms with van der Waals surface area (Å²) in [6, 6.07) is 0.538. The highest BCUT2D eigenvalue weighted by Gasteiger charge is 2.30. The van der Waals surface area contributed by atoms with Gasteiger partial charge in [0.2, 0.25) is 0 Å². The van der Waals surface area contributed by atoms with Crippen LogP contribution in [0.15, 0.2) is 27.9 Å². The molecule has 0 unspecified atom stereocenters. The first-order chi connectivity index (χ1) is 12.0. The minimum atomic E-state index is -0.127. The largest absolute Gasteiger partial charge is 0.390 e. The van der Waals surface area contributed by atoms with Crippen LogP contribution in [0.2, 0.25) is 0 Å². The Morgan fingerprint density at radius 3 is 2.32 bits per heavy atom. The molecule has 0 saturated carbocycles. The number of amides is 1. The number of likely N-dealkylation sites (tertiary alicyclic amines) is 2. The lowest BCUT2D eigenvalue weighted by Crippen LogP contribution is -2.50. The molecular weight excluding hydrogens is 340 g/mol. The lowest BCUT2D eigenvalue weighted by Gasteiger charge is -2.41. The smallest absolute Gasteiger partial charge is 0.272 e. The summed E-state index contributed by atoms with van der Waals surface area (Å²) in [5, 5.41) is 0.310. The molecule has 2 aliphatic heterocycles. The summed E-state index contributed by atoms with van der Waals surface area (Å²) >= 11 is 5.94. The molecule has 0 aromatic carbocycles. The van der Waals surface area contributed by atoms with Crippen molar-refractivity contribution >= 4 is 23.8 Å². The summed E-state index contributed by atoms with van der Waals surface area (Å²) in [5.74, 6) is -0.127. The third-order valence-corrected chi connectivity index (χ3v) is 5.53. The van der Waals surface area contributed by atoms with Gasteiger partial charge in [-0.1, -0.05) is 18.2 Å². The normalized spacial score (nSPS) is 22.3. The quantitative estimate of drug-likeness (QED) is 0.349. The fourth-order valence-corrected chi connectivity index (χ4v) is 3.67. The number of hydrogen-bond acceptors (Lipinski definition) is 4. The summed E-state index contributed by atoms with van der Waals surface area (Å²) < 4.78 is 5.44. The molecule has 2 heterocycles. The lowest BCUT2D eigenvalue weighted by molar-refractivity contribution is -0.128. The van der Waals surface area contributed by atoms with Crippen LogP contribution in [0.1, 0.15) is 32.6 Å².